The third kappa shape index (κ3) is 4.42. The van der Waals surface area contributed by atoms with E-state index >= 15 is 0 Å². The van der Waals surface area contributed by atoms with Gasteiger partial charge in [0.2, 0.25) is 5.56 Å². The number of aromatic nitrogens is 1. The fourth-order valence-corrected chi connectivity index (χ4v) is 3.51. The number of nitrogens with zero attached hydrogens (tertiary/aromatic N) is 2. The molecular weight excluding hydrogens is 354 g/mol. The number of rotatable bonds is 5. The number of nitriles is 1. The molecule has 1 aromatic heterocycles. The van der Waals surface area contributed by atoms with Crippen molar-refractivity contribution in [2.75, 3.05) is 6.54 Å². The molecule has 28 heavy (non-hydrogen) atoms. The summed E-state index contributed by atoms with van der Waals surface area (Å²) in [4.78, 5) is 28.3. The fraction of sp³-hybridized carbons (Fsp3) is 0.409. The van der Waals surface area contributed by atoms with Gasteiger partial charge in [-0.1, -0.05) is 24.3 Å². The Bertz CT molecular complexity index is 940. The Hall–Kier alpha value is -3.07. The van der Waals surface area contributed by atoms with Gasteiger partial charge in [0.15, 0.2) is 0 Å². The molecule has 6 heteroatoms. The van der Waals surface area contributed by atoms with Crippen molar-refractivity contribution in [3.8, 4) is 17.2 Å². The summed E-state index contributed by atoms with van der Waals surface area (Å²) in [5, 5.41) is 9.18. The Morgan fingerprint density at radius 1 is 1.25 bits per heavy atom. The highest BCUT2D eigenvalue weighted by Crippen LogP contribution is 2.31. The van der Waals surface area contributed by atoms with Crippen LogP contribution in [0.1, 0.15) is 45.2 Å². The molecule has 1 aromatic carbocycles. The van der Waals surface area contributed by atoms with E-state index in [4.69, 9.17) is 4.74 Å². The average molecular weight is 379 g/mol. The Kier molecular flexibility index (Phi) is 5.55. The summed E-state index contributed by atoms with van der Waals surface area (Å²) in [5.74, 6) is 0. The van der Waals surface area contributed by atoms with Crippen molar-refractivity contribution in [1.82, 2.24) is 9.88 Å². The number of carbonyl (C=O) groups excluding carboxylic acids is 1. The van der Waals surface area contributed by atoms with Crippen LogP contribution in [0.15, 0.2) is 47.4 Å². The minimum atomic E-state index is -0.506. The van der Waals surface area contributed by atoms with Crippen molar-refractivity contribution in [2.24, 2.45) is 5.41 Å². The summed E-state index contributed by atoms with van der Waals surface area (Å²) in [6.45, 7) is 6.29. The SMILES string of the molecule is CC(c1ccc(-c2cc[nH]c(=O)c2)cc1)N1CCC(CC(C)(C)C#N)OC1=O. The van der Waals surface area contributed by atoms with E-state index in [0.717, 1.165) is 16.7 Å². The van der Waals surface area contributed by atoms with Gasteiger partial charge in [-0.2, -0.15) is 5.26 Å². The Morgan fingerprint density at radius 3 is 2.57 bits per heavy atom. The largest absolute Gasteiger partial charge is 0.446 e. The summed E-state index contributed by atoms with van der Waals surface area (Å²) < 4.78 is 5.58. The third-order valence-corrected chi connectivity index (χ3v) is 5.20. The molecule has 2 aromatic rings. The lowest BCUT2D eigenvalue weighted by molar-refractivity contribution is 0.000798. The van der Waals surface area contributed by atoms with Crippen molar-refractivity contribution >= 4 is 6.09 Å². The van der Waals surface area contributed by atoms with Gasteiger partial charge in [0, 0.05) is 31.6 Å². The quantitative estimate of drug-likeness (QED) is 0.841. The standard InChI is InChI=1S/C22H25N3O3/c1-15(25-11-9-19(28-21(25)27)13-22(2,3)14-23)16-4-6-17(7-5-16)18-8-10-24-20(26)12-18/h4-8,10,12,15,19H,9,11,13H2,1-3H3,(H,24,26). The van der Waals surface area contributed by atoms with Crippen LogP contribution in [0.3, 0.4) is 0 Å². The van der Waals surface area contributed by atoms with Crippen molar-refractivity contribution in [2.45, 2.75) is 45.8 Å². The molecule has 1 N–H and O–H groups in total. The smallest absolute Gasteiger partial charge is 0.410 e. The number of hydrogen-bond acceptors (Lipinski definition) is 4. The monoisotopic (exact) mass is 379 g/mol. The molecule has 6 nitrogen and oxygen atoms in total. The Labute approximate surface area is 164 Å². The van der Waals surface area contributed by atoms with Crippen LogP contribution in [-0.2, 0) is 4.74 Å². The molecular formula is C22H25N3O3. The maximum atomic E-state index is 12.5. The Morgan fingerprint density at radius 2 is 1.96 bits per heavy atom. The zero-order valence-corrected chi connectivity index (χ0v) is 16.4. The molecule has 3 rings (SSSR count). The summed E-state index contributed by atoms with van der Waals surface area (Å²) in [6, 6.07) is 13.4. The summed E-state index contributed by atoms with van der Waals surface area (Å²) in [6.07, 6.45) is 2.33. The van der Waals surface area contributed by atoms with Crippen molar-refractivity contribution in [3.05, 3.63) is 58.5 Å². The van der Waals surface area contributed by atoms with Crippen LogP contribution in [0.2, 0.25) is 0 Å². The lowest BCUT2D eigenvalue weighted by Crippen LogP contribution is -2.44. The van der Waals surface area contributed by atoms with E-state index in [1.54, 1.807) is 17.2 Å². The van der Waals surface area contributed by atoms with Gasteiger partial charge < -0.3 is 14.6 Å². The number of benzene rings is 1. The molecule has 1 amide bonds. The van der Waals surface area contributed by atoms with E-state index in [9.17, 15) is 14.9 Å². The molecule has 2 atom stereocenters. The molecule has 1 aliphatic rings. The van der Waals surface area contributed by atoms with Gasteiger partial charge in [-0.25, -0.2) is 4.79 Å². The number of aromatic amines is 1. The molecule has 1 fully saturated rings. The third-order valence-electron chi connectivity index (χ3n) is 5.20. The first-order chi connectivity index (χ1) is 13.3. The molecule has 2 heterocycles. The van der Waals surface area contributed by atoms with Gasteiger partial charge in [-0.05, 0) is 43.5 Å². The number of ether oxygens (including phenoxy) is 1. The molecule has 2 unspecified atom stereocenters. The minimum Gasteiger partial charge on any atom is -0.446 e. The molecule has 0 aliphatic carbocycles. The maximum absolute atomic E-state index is 12.5. The van der Waals surface area contributed by atoms with Gasteiger partial charge in [0.1, 0.15) is 6.10 Å². The fourth-order valence-electron chi connectivity index (χ4n) is 3.51. The van der Waals surface area contributed by atoms with Crippen molar-refractivity contribution in [1.29, 1.82) is 5.26 Å². The van der Waals surface area contributed by atoms with Crippen LogP contribution in [0.5, 0.6) is 0 Å². The molecule has 0 radical (unpaired) electrons. The van der Waals surface area contributed by atoms with Crippen LogP contribution < -0.4 is 5.56 Å². The highest BCUT2D eigenvalue weighted by Gasteiger charge is 2.34. The second kappa shape index (κ2) is 7.89. The van der Waals surface area contributed by atoms with Crippen molar-refractivity contribution < 1.29 is 9.53 Å². The van der Waals surface area contributed by atoms with E-state index in [1.165, 1.54) is 0 Å². The summed E-state index contributed by atoms with van der Waals surface area (Å²) in [7, 11) is 0. The number of cyclic esters (lactones) is 1. The molecule has 1 saturated heterocycles. The summed E-state index contributed by atoms with van der Waals surface area (Å²) >= 11 is 0. The van der Waals surface area contributed by atoms with Gasteiger partial charge in [-0.15, -0.1) is 0 Å². The van der Waals surface area contributed by atoms with E-state index in [-0.39, 0.29) is 23.8 Å². The number of hydrogen-bond donors (Lipinski definition) is 1. The maximum Gasteiger partial charge on any atom is 0.410 e. The van der Waals surface area contributed by atoms with Crippen LogP contribution in [-0.4, -0.2) is 28.6 Å². The molecule has 0 spiro atoms. The van der Waals surface area contributed by atoms with Crippen molar-refractivity contribution in [3.63, 3.8) is 0 Å². The predicted molar refractivity (Wildman–Crippen MR) is 107 cm³/mol. The van der Waals surface area contributed by atoms with Crippen LogP contribution >= 0.6 is 0 Å². The van der Waals surface area contributed by atoms with E-state index in [2.05, 4.69) is 11.1 Å². The predicted octanol–water partition coefficient (Wildman–Crippen LogP) is 4.25. The first-order valence-corrected chi connectivity index (χ1v) is 9.47. The zero-order valence-electron chi connectivity index (χ0n) is 16.4. The van der Waals surface area contributed by atoms with Crippen LogP contribution in [0.25, 0.3) is 11.1 Å². The minimum absolute atomic E-state index is 0.120. The molecule has 0 saturated carbocycles. The van der Waals surface area contributed by atoms with E-state index in [1.807, 2.05) is 51.1 Å². The van der Waals surface area contributed by atoms with E-state index in [0.29, 0.717) is 19.4 Å². The molecule has 146 valence electrons. The molecule has 0 bridgehead atoms. The lowest BCUT2D eigenvalue weighted by Gasteiger charge is -2.37. The Balaban J connectivity index is 1.68. The van der Waals surface area contributed by atoms with Gasteiger partial charge in [0.25, 0.3) is 0 Å². The second-order valence-electron chi connectivity index (χ2n) is 7.93. The van der Waals surface area contributed by atoms with Gasteiger partial charge in [-0.3, -0.25) is 4.79 Å². The second-order valence-corrected chi connectivity index (χ2v) is 7.93. The lowest BCUT2D eigenvalue weighted by atomic mass is 9.87. The number of carbonyl (C=O) groups is 1. The van der Waals surface area contributed by atoms with Gasteiger partial charge >= 0.3 is 6.09 Å². The number of H-pyrrole nitrogens is 1. The zero-order chi connectivity index (χ0) is 20.3. The first kappa shape index (κ1) is 19.7. The van der Waals surface area contributed by atoms with Gasteiger partial charge in [0.05, 0.1) is 17.5 Å². The van der Waals surface area contributed by atoms with Crippen LogP contribution in [0, 0.1) is 16.7 Å². The first-order valence-electron chi connectivity index (χ1n) is 9.47. The average Bonchev–Trinajstić information content (AvgIpc) is 2.67. The van der Waals surface area contributed by atoms with Crippen LogP contribution in [0.4, 0.5) is 4.79 Å². The normalized spacial score (nSPS) is 18.3. The highest BCUT2D eigenvalue weighted by molar-refractivity contribution is 5.69. The van der Waals surface area contributed by atoms with E-state index < -0.39 is 5.41 Å². The highest BCUT2D eigenvalue weighted by atomic mass is 16.6. The molecule has 1 aliphatic heterocycles. The number of amides is 1. The topological polar surface area (TPSA) is 86.2 Å². The number of pyridine rings is 1. The summed E-state index contributed by atoms with van der Waals surface area (Å²) in [5.41, 5.74) is 2.15. The number of nitrogens with one attached hydrogen (secondary N) is 1.